The molecule has 0 fully saturated rings. The largest absolute Gasteiger partial charge is 0.494 e. The molecule has 2 aromatic carbocycles. The Hall–Kier alpha value is -2.29. The zero-order valence-corrected chi connectivity index (χ0v) is 12.6. The van der Waals surface area contributed by atoms with Gasteiger partial charge in [-0.15, -0.1) is 0 Å². The molecule has 1 amide bonds. The molecular weight excluding hydrogens is 262 g/mol. The molecule has 2 aromatic rings. The molecule has 3 nitrogen and oxygen atoms in total. The van der Waals surface area contributed by atoms with Crippen LogP contribution in [0.25, 0.3) is 0 Å². The third kappa shape index (κ3) is 4.63. The van der Waals surface area contributed by atoms with Gasteiger partial charge in [0, 0.05) is 11.3 Å². The van der Waals surface area contributed by atoms with Crippen LogP contribution in [0.3, 0.4) is 0 Å². The van der Waals surface area contributed by atoms with E-state index in [2.05, 4.69) is 12.2 Å². The van der Waals surface area contributed by atoms with Crippen LogP contribution >= 0.6 is 0 Å². The monoisotopic (exact) mass is 283 g/mol. The first-order valence-corrected chi connectivity index (χ1v) is 7.30. The number of nitrogens with one attached hydrogen (secondary N) is 1. The lowest BCUT2D eigenvalue weighted by Crippen LogP contribution is -2.12. The predicted molar refractivity (Wildman–Crippen MR) is 86.0 cm³/mol. The Balaban J connectivity index is 2.01. The maximum atomic E-state index is 12.2. The first-order valence-electron chi connectivity index (χ1n) is 7.30. The van der Waals surface area contributed by atoms with Crippen LogP contribution in [0.15, 0.2) is 48.5 Å². The summed E-state index contributed by atoms with van der Waals surface area (Å²) in [7, 11) is 0. The zero-order chi connectivity index (χ0) is 15.1. The molecule has 0 saturated heterocycles. The molecule has 0 atom stereocenters. The highest BCUT2D eigenvalue weighted by atomic mass is 16.5. The maximum Gasteiger partial charge on any atom is 0.255 e. The Morgan fingerprint density at radius 2 is 1.90 bits per heavy atom. The van der Waals surface area contributed by atoms with Crippen LogP contribution in [0.1, 0.15) is 35.7 Å². The van der Waals surface area contributed by atoms with E-state index in [1.807, 2.05) is 43.3 Å². The van der Waals surface area contributed by atoms with Gasteiger partial charge in [-0.3, -0.25) is 4.79 Å². The SMILES string of the molecule is CCCCOc1cccc(C(=O)Nc2ccc(C)cc2)c1. The lowest BCUT2D eigenvalue weighted by molar-refractivity contribution is 0.102. The molecule has 0 saturated carbocycles. The van der Waals surface area contributed by atoms with Gasteiger partial charge in [-0.05, 0) is 43.7 Å². The minimum atomic E-state index is -0.125. The van der Waals surface area contributed by atoms with Crippen LogP contribution in [-0.4, -0.2) is 12.5 Å². The van der Waals surface area contributed by atoms with Crippen LogP contribution in [0.5, 0.6) is 5.75 Å². The summed E-state index contributed by atoms with van der Waals surface area (Å²) in [6, 6.07) is 15.0. The average molecular weight is 283 g/mol. The number of unbranched alkanes of at least 4 members (excludes halogenated alkanes) is 1. The summed E-state index contributed by atoms with van der Waals surface area (Å²) in [5.74, 6) is 0.611. The van der Waals surface area contributed by atoms with E-state index < -0.39 is 0 Å². The van der Waals surface area contributed by atoms with Gasteiger partial charge in [0.2, 0.25) is 0 Å². The number of anilines is 1. The molecule has 110 valence electrons. The summed E-state index contributed by atoms with van der Waals surface area (Å²) in [6.07, 6.45) is 2.10. The number of hydrogen-bond donors (Lipinski definition) is 1. The minimum absolute atomic E-state index is 0.125. The maximum absolute atomic E-state index is 12.2. The number of carbonyl (C=O) groups is 1. The number of ether oxygens (including phenoxy) is 1. The van der Waals surface area contributed by atoms with E-state index >= 15 is 0 Å². The van der Waals surface area contributed by atoms with Crippen molar-refractivity contribution in [3.8, 4) is 5.75 Å². The average Bonchev–Trinajstić information content (AvgIpc) is 2.50. The van der Waals surface area contributed by atoms with Gasteiger partial charge in [0.05, 0.1) is 6.61 Å². The van der Waals surface area contributed by atoms with Gasteiger partial charge in [0.25, 0.3) is 5.91 Å². The number of aryl methyl sites for hydroxylation is 1. The topological polar surface area (TPSA) is 38.3 Å². The molecule has 0 aliphatic heterocycles. The zero-order valence-electron chi connectivity index (χ0n) is 12.6. The molecule has 0 aliphatic carbocycles. The van der Waals surface area contributed by atoms with Crippen molar-refractivity contribution in [1.29, 1.82) is 0 Å². The fourth-order valence-corrected chi connectivity index (χ4v) is 1.90. The Morgan fingerprint density at radius 3 is 2.62 bits per heavy atom. The summed E-state index contributed by atoms with van der Waals surface area (Å²) in [5.41, 5.74) is 2.56. The lowest BCUT2D eigenvalue weighted by Gasteiger charge is -2.08. The standard InChI is InChI=1S/C18H21NO2/c1-3-4-12-21-17-7-5-6-15(13-17)18(20)19-16-10-8-14(2)9-11-16/h5-11,13H,3-4,12H2,1-2H3,(H,19,20). The van der Waals surface area contributed by atoms with Gasteiger partial charge in [-0.2, -0.15) is 0 Å². The number of rotatable bonds is 6. The minimum Gasteiger partial charge on any atom is -0.494 e. The van der Waals surface area contributed by atoms with E-state index in [1.165, 1.54) is 5.56 Å². The molecule has 1 N–H and O–H groups in total. The quantitative estimate of drug-likeness (QED) is 0.797. The van der Waals surface area contributed by atoms with Gasteiger partial charge >= 0.3 is 0 Å². The molecule has 0 heterocycles. The second-order valence-corrected chi connectivity index (χ2v) is 5.05. The van der Waals surface area contributed by atoms with Crippen LogP contribution in [0.2, 0.25) is 0 Å². The summed E-state index contributed by atoms with van der Waals surface area (Å²) in [4.78, 5) is 12.2. The van der Waals surface area contributed by atoms with E-state index in [1.54, 1.807) is 12.1 Å². The second kappa shape index (κ2) is 7.48. The molecule has 0 spiro atoms. The van der Waals surface area contributed by atoms with Crippen LogP contribution in [0.4, 0.5) is 5.69 Å². The molecule has 3 heteroatoms. The number of carbonyl (C=O) groups excluding carboxylic acids is 1. The van der Waals surface area contributed by atoms with Crippen molar-refractivity contribution in [2.45, 2.75) is 26.7 Å². The van der Waals surface area contributed by atoms with E-state index in [9.17, 15) is 4.79 Å². The Morgan fingerprint density at radius 1 is 1.14 bits per heavy atom. The molecule has 0 aliphatic rings. The fourth-order valence-electron chi connectivity index (χ4n) is 1.90. The number of benzene rings is 2. The van der Waals surface area contributed by atoms with E-state index in [-0.39, 0.29) is 5.91 Å². The van der Waals surface area contributed by atoms with E-state index in [0.29, 0.717) is 12.2 Å². The van der Waals surface area contributed by atoms with Gasteiger partial charge in [0.15, 0.2) is 0 Å². The fraction of sp³-hybridized carbons (Fsp3) is 0.278. The van der Waals surface area contributed by atoms with Gasteiger partial charge < -0.3 is 10.1 Å². The Bertz CT molecular complexity index is 590. The Labute approximate surface area is 126 Å². The van der Waals surface area contributed by atoms with Crippen LogP contribution in [-0.2, 0) is 0 Å². The molecule has 2 rings (SSSR count). The van der Waals surface area contributed by atoms with Gasteiger partial charge in [0.1, 0.15) is 5.75 Å². The molecular formula is C18H21NO2. The van der Waals surface area contributed by atoms with E-state index in [4.69, 9.17) is 4.74 Å². The predicted octanol–water partition coefficient (Wildman–Crippen LogP) is 4.43. The van der Waals surface area contributed by atoms with Crippen molar-refractivity contribution in [2.24, 2.45) is 0 Å². The molecule has 0 bridgehead atoms. The third-order valence-electron chi connectivity index (χ3n) is 3.17. The lowest BCUT2D eigenvalue weighted by atomic mass is 10.2. The van der Waals surface area contributed by atoms with E-state index in [0.717, 1.165) is 24.3 Å². The summed E-state index contributed by atoms with van der Waals surface area (Å²) >= 11 is 0. The van der Waals surface area contributed by atoms with Crippen LogP contribution in [0, 0.1) is 6.92 Å². The summed E-state index contributed by atoms with van der Waals surface area (Å²) in [5, 5.41) is 2.89. The van der Waals surface area contributed by atoms with Gasteiger partial charge in [-0.25, -0.2) is 0 Å². The van der Waals surface area contributed by atoms with Crippen molar-refractivity contribution in [3.05, 3.63) is 59.7 Å². The highest BCUT2D eigenvalue weighted by Gasteiger charge is 2.07. The molecule has 0 radical (unpaired) electrons. The molecule has 0 unspecified atom stereocenters. The first kappa shape index (κ1) is 15.1. The van der Waals surface area contributed by atoms with Crippen molar-refractivity contribution in [3.63, 3.8) is 0 Å². The van der Waals surface area contributed by atoms with Crippen LogP contribution < -0.4 is 10.1 Å². The smallest absolute Gasteiger partial charge is 0.255 e. The number of hydrogen-bond acceptors (Lipinski definition) is 2. The van der Waals surface area contributed by atoms with Gasteiger partial charge in [-0.1, -0.05) is 37.1 Å². The van der Waals surface area contributed by atoms with Crippen molar-refractivity contribution in [2.75, 3.05) is 11.9 Å². The third-order valence-corrected chi connectivity index (χ3v) is 3.17. The van der Waals surface area contributed by atoms with Crippen molar-refractivity contribution in [1.82, 2.24) is 0 Å². The summed E-state index contributed by atoms with van der Waals surface area (Å²) in [6.45, 7) is 4.82. The normalized spacial score (nSPS) is 10.2. The molecule has 21 heavy (non-hydrogen) atoms. The van der Waals surface area contributed by atoms with Crippen molar-refractivity contribution >= 4 is 11.6 Å². The highest BCUT2D eigenvalue weighted by molar-refractivity contribution is 6.04. The second-order valence-electron chi connectivity index (χ2n) is 5.05. The number of amides is 1. The highest BCUT2D eigenvalue weighted by Crippen LogP contribution is 2.16. The Kier molecular flexibility index (Phi) is 5.38. The first-order chi connectivity index (χ1) is 10.2. The molecule has 0 aromatic heterocycles. The summed E-state index contributed by atoms with van der Waals surface area (Å²) < 4.78 is 5.62. The van der Waals surface area contributed by atoms with Crippen molar-refractivity contribution < 1.29 is 9.53 Å².